The Kier molecular flexibility index (Phi) is 8.61. The van der Waals surface area contributed by atoms with Gasteiger partial charge in [0.05, 0.1) is 6.42 Å². The first kappa shape index (κ1) is 25.6. The number of hydrogen-bond donors (Lipinski definition) is 1. The van der Waals surface area contributed by atoms with Gasteiger partial charge in [0.2, 0.25) is 11.8 Å². The molecule has 0 aliphatic carbocycles. The van der Waals surface area contributed by atoms with Crippen LogP contribution in [0.2, 0.25) is 0 Å². The van der Waals surface area contributed by atoms with Gasteiger partial charge in [0.25, 0.3) is 0 Å². The molecule has 3 aromatic carbocycles. The van der Waals surface area contributed by atoms with E-state index in [9.17, 15) is 14.0 Å². The van der Waals surface area contributed by atoms with Crippen LogP contribution in [0.5, 0.6) is 0 Å². The number of nitrogens with zero attached hydrogens (tertiary/aromatic N) is 1. The van der Waals surface area contributed by atoms with E-state index in [0.29, 0.717) is 12.0 Å². The summed E-state index contributed by atoms with van der Waals surface area (Å²) in [6, 6.07) is 22.6. The van der Waals surface area contributed by atoms with Crippen LogP contribution in [0.25, 0.3) is 0 Å². The maximum Gasteiger partial charge on any atom is 0.243 e. The Balaban J connectivity index is 1.97. The predicted molar refractivity (Wildman–Crippen MR) is 137 cm³/mol. The van der Waals surface area contributed by atoms with E-state index < -0.39 is 11.6 Å². The second-order valence-corrected chi connectivity index (χ2v) is 10.3. The molecule has 0 fully saturated rings. The van der Waals surface area contributed by atoms with Gasteiger partial charge in [0.1, 0.15) is 11.9 Å². The van der Waals surface area contributed by atoms with E-state index in [1.165, 1.54) is 12.1 Å². The Hall–Kier alpha value is -2.99. The van der Waals surface area contributed by atoms with Crippen LogP contribution in [0, 0.1) is 5.82 Å². The van der Waals surface area contributed by atoms with Crippen LogP contribution in [0.1, 0.15) is 37.5 Å². The minimum absolute atomic E-state index is 0.0743. The molecule has 34 heavy (non-hydrogen) atoms. The van der Waals surface area contributed by atoms with Gasteiger partial charge in [-0.15, -0.1) is 0 Å². The molecule has 0 heterocycles. The predicted octanol–water partition coefficient (Wildman–Crippen LogP) is 5.69. The topological polar surface area (TPSA) is 49.4 Å². The van der Waals surface area contributed by atoms with E-state index in [0.717, 1.165) is 15.6 Å². The molecular weight excluding hydrogens is 495 g/mol. The molecule has 1 atom stereocenters. The molecule has 1 N–H and O–H groups in total. The average Bonchev–Trinajstić information content (AvgIpc) is 2.78. The van der Waals surface area contributed by atoms with Gasteiger partial charge in [-0.05, 0) is 61.7 Å². The molecule has 2 amide bonds. The molecule has 0 radical (unpaired) electrons. The highest BCUT2D eigenvalue weighted by molar-refractivity contribution is 9.10. The van der Waals surface area contributed by atoms with Gasteiger partial charge in [0.15, 0.2) is 0 Å². The smallest absolute Gasteiger partial charge is 0.243 e. The van der Waals surface area contributed by atoms with Gasteiger partial charge in [-0.1, -0.05) is 70.5 Å². The van der Waals surface area contributed by atoms with Gasteiger partial charge in [-0.25, -0.2) is 4.39 Å². The minimum atomic E-state index is -0.710. The third-order valence-electron chi connectivity index (χ3n) is 5.30. The molecule has 0 aliphatic rings. The Morgan fingerprint density at radius 1 is 0.882 bits per heavy atom. The minimum Gasteiger partial charge on any atom is -0.350 e. The van der Waals surface area contributed by atoms with Gasteiger partial charge in [0, 0.05) is 23.0 Å². The molecule has 1 unspecified atom stereocenters. The molecular formula is C28H30BrFN2O2. The Morgan fingerprint density at radius 3 is 2.06 bits per heavy atom. The first-order valence-electron chi connectivity index (χ1n) is 11.2. The van der Waals surface area contributed by atoms with Crippen LogP contribution in [0.3, 0.4) is 0 Å². The van der Waals surface area contributed by atoms with Crippen LogP contribution in [0.4, 0.5) is 4.39 Å². The Bertz CT molecular complexity index is 1090. The lowest BCUT2D eigenvalue weighted by atomic mass is 10.00. The Labute approximate surface area is 209 Å². The summed E-state index contributed by atoms with van der Waals surface area (Å²) < 4.78 is 14.3. The maximum atomic E-state index is 13.6. The monoisotopic (exact) mass is 524 g/mol. The number of hydrogen-bond acceptors (Lipinski definition) is 2. The number of amides is 2. The summed E-state index contributed by atoms with van der Waals surface area (Å²) in [4.78, 5) is 28.7. The third-order valence-corrected chi connectivity index (χ3v) is 5.83. The highest BCUT2D eigenvalue weighted by Crippen LogP contribution is 2.19. The van der Waals surface area contributed by atoms with E-state index in [1.54, 1.807) is 17.0 Å². The fraction of sp³-hybridized carbons (Fsp3) is 0.286. The molecule has 0 bridgehead atoms. The highest BCUT2D eigenvalue weighted by atomic mass is 79.9. The quantitative estimate of drug-likeness (QED) is 0.411. The maximum absolute atomic E-state index is 13.6. The standard InChI is InChI=1S/C28H30BrFN2O2/c1-28(2,3)31-27(34)25(17-20-7-5-4-6-8-20)32(19-22-9-13-23(29)14-10-22)26(33)18-21-11-15-24(30)16-12-21/h4-16,25H,17-19H2,1-3H3,(H,31,34). The van der Waals surface area contributed by atoms with Crippen LogP contribution in [0.15, 0.2) is 83.3 Å². The summed E-state index contributed by atoms with van der Waals surface area (Å²) in [6.45, 7) is 6.04. The van der Waals surface area contributed by atoms with Crippen molar-refractivity contribution in [3.63, 3.8) is 0 Å². The molecule has 178 valence electrons. The van der Waals surface area contributed by atoms with Crippen molar-refractivity contribution in [1.82, 2.24) is 10.2 Å². The fourth-order valence-electron chi connectivity index (χ4n) is 3.67. The van der Waals surface area contributed by atoms with E-state index in [2.05, 4.69) is 21.2 Å². The second-order valence-electron chi connectivity index (χ2n) is 9.40. The summed E-state index contributed by atoms with van der Waals surface area (Å²) in [5.41, 5.74) is 2.13. The number of rotatable bonds is 8. The highest BCUT2D eigenvalue weighted by Gasteiger charge is 2.32. The Morgan fingerprint density at radius 2 is 1.47 bits per heavy atom. The summed E-state index contributed by atoms with van der Waals surface area (Å²) >= 11 is 3.44. The fourth-order valence-corrected chi connectivity index (χ4v) is 3.94. The van der Waals surface area contributed by atoms with Crippen LogP contribution >= 0.6 is 15.9 Å². The molecule has 0 saturated carbocycles. The van der Waals surface area contributed by atoms with Crippen molar-refractivity contribution in [2.45, 2.75) is 51.7 Å². The summed E-state index contributed by atoms with van der Waals surface area (Å²) in [7, 11) is 0. The average molecular weight is 525 g/mol. The van der Waals surface area contributed by atoms with Gasteiger partial charge in [-0.2, -0.15) is 0 Å². The SMILES string of the molecule is CC(C)(C)NC(=O)C(Cc1ccccc1)N(Cc1ccc(Br)cc1)C(=O)Cc1ccc(F)cc1. The normalized spacial score (nSPS) is 12.1. The van der Waals surface area contributed by atoms with Crippen molar-refractivity contribution in [1.29, 1.82) is 0 Å². The number of halogens is 2. The molecule has 6 heteroatoms. The van der Waals surface area contributed by atoms with E-state index in [1.807, 2.05) is 75.4 Å². The summed E-state index contributed by atoms with van der Waals surface area (Å²) in [5, 5.41) is 3.05. The number of carbonyl (C=O) groups excluding carboxylic acids is 2. The lowest BCUT2D eigenvalue weighted by Gasteiger charge is -2.34. The largest absolute Gasteiger partial charge is 0.350 e. The molecule has 0 aromatic heterocycles. The zero-order valence-corrected chi connectivity index (χ0v) is 21.3. The molecule has 0 saturated heterocycles. The zero-order valence-electron chi connectivity index (χ0n) is 19.7. The first-order chi connectivity index (χ1) is 16.1. The third kappa shape index (κ3) is 7.80. The number of carbonyl (C=O) groups is 2. The van der Waals surface area contributed by atoms with Crippen LogP contribution in [-0.2, 0) is 29.0 Å². The van der Waals surface area contributed by atoms with E-state index in [4.69, 9.17) is 0 Å². The van der Waals surface area contributed by atoms with Gasteiger partial charge < -0.3 is 10.2 Å². The van der Waals surface area contributed by atoms with Crippen molar-refractivity contribution in [3.05, 3.63) is 106 Å². The molecule has 0 spiro atoms. The van der Waals surface area contributed by atoms with Gasteiger partial charge in [-0.3, -0.25) is 9.59 Å². The molecule has 3 rings (SSSR count). The van der Waals surface area contributed by atoms with E-state index >= 15 is 0 Å². The number of benzene rings is 3. The number of nitrogens with one attached hydrogen (secondary N) is 1. The van der Waals surface area contributed by atoms with Crippen LogP contribution < -0.4 is 5.32 Å². The lowest BCUT2D eigenvalue weighted by Crippen LogP contribution is -2.54. The van der Waals surface area contributed by atoms with Crippen molar-refractivity contribution in [2.24, 2.45) is 0 Å². The summed E-state index contributed by atoms with van der Waals surface area (Å²) in [6.07, 6.45) is 0.458. The summed E-state index contributed by atoms with van der Waals surface area (Å²) in [5.74, 6) is -0.755. The van der Waals surface area contributed by atoms with Gasteiger partial charge >= 0.3 is 0 Å². The van der Waals surface area contributed by atoms with Crippen molar-refractivity contribution >= 4 is 27.7 Å². The van der Waals surface area contributed by atoms with Crippen molar-refractivity contribution in [2.75, 3.05) is 0 Å². The molecule has 3 aromatic rings. The lowest BCUT2D eigenvalue weighted by molar-refractivity contribution is -0.141. The zero-order chi connectivity index (χ0) is 24.7. The molecule has 4 nitrogen and oxygen atoms in total. The second kappa shape index (κ2) is 11.4. The first-order valence-corrected chi connectivity index (χ1v) is 12.0. The van der Waals surface area contributed by atoms with Crippen molar-refractivity contribution < 1.29 is 14.0 Å². The van der Waals surface area contributed by atoms with E-state index in [-0.39, 0.29) is 30.6 Å². The molecule has 0 aliphatic heterocycles. The van der Waals surface area contributed by atoms with Crippen LogP contribution in [-0.4, -0.2) is 28.3 Å². The van der Waals surface area contributed by atoms with Crippen molar-refractivity contribution in [3.8, 4) is 0 Å².